The molecule has 4 rings (SSSR count). The number of fused-ring (bicyclic) bond motifs is 3. The lowest BCUT2D eigenvalue weighted by Gasteiger charge is -2.18. The number of hydrogen-bond donors (Lipinski definition) is 2. The SMILES string of the molecule is Cn1ncc([C@H](CC(=O)O)NC(=O)OCC2c3ccccc3-c3ccccc32)c1Cl. The molecule has 0 unspecified atom stereocenters. The molecule has 0 saturated heterocycles. The van der Waals surface area contributed by atoms with E-state index in [0.717, 1.165) is 22.3 Å². The number of aryl methyl sites for hydroxylation is 1. The highest BCUT2D eigenvalue weighted by Gasteiger charge is 2.30. The highest BCUT2D eigenvalue weighted by molar-refractivity contribution is 6.30. The minimum absolute atomic E-state index is 0.0805. The van der Waals surface area contributed by atoms with E-state index in [9.17, 15) is 14.7 Å². The number of hydrogen-bond acceptors (Lipinski definition) is 4. The van der Waals surface area contributed by atoms with Gasteiger partial charge in [-0.2, -0.15) is 5.10 Å². The molecule has 2 aromatic carbocycles. The van der Waals surface area contributed by atoms with Gasteiger partial charge in [-0.1, -0.05) is 60.1 Å². The van der Waals surface area contributed by atoms with Gasteiger partial charge in [0.05, 0.1) is 18.7 Å². The van der Waals surface area contributed by atoms with Gasteiger partial charge in [0.1, 0.15) is 11.8 Å². The minimum atomic E-state index is -1.07. The van der Waals surface area contributed by atoms with E-state index in [1.165, 1.54) is 10.9 Å². The molecule has 30 heavy (non-hydrogen) atoms. The van der Waals surface area contributed by atoms with Gasteiger partial charge in [0.25, 0.3) is 0 Å². The van der Waals surface area contributed by atoms with Crippen LogP contribution in [-0.4, -0.2) is 33.6 Å². The molecule has 1 atom stereocenters. The molecule has 0 spiro atoms. The van der Waals surface area contributed by atoms with Crippen molar-refractivity contribution in [3.05, 3.63) is 76.6 Å². The number of amides is 1. The summed E-state index contributed by atoms with van der Waals surface area (Å²) in [6, 6.07) is 15.2. The third-order valence-electron chi connectivity index (χ3n) is 5.28. The molecule has 0 aliphatic heterocycles. The molecule has 0 saturated carbocycles. The Kier molecular flexibility index (Phi) is 5.46. The summed E-state index contributed by atoms with van der Waals surface area (Å²) in [5.41, 5.74) is 4.89. The normalized spacial score (nSPS) is 13.4. The van der Waals surface area contributed by atoms with Crippen molar-refractivity contribution < 1.29 is 19.4 Å². The van der Waals surface area contributed by atoms with E-state index in [4.69, 9.17) is 16.3 Å². The van der Waals surface area contributed by atoms with Crippen LogP contribution in [0.25, 0.3) is 11.1 Å². The summed E-state index contributed by atoms with van der Waals surface area (Å²) in [6.45, 7) is 0.139. The first-order valence-corrected chi connectivity index (χ1v) is 9.84. The van der Waals surface area contributed by atoms with E-state index >= 15 is 0 Å². The smallest absolute Gasteiger partial charge is 0.407 e. The first-order valence-electron chi connectivity index (χ1n) is 9.46. The Morgan fingerprint density at radius 2 is 1.77 bits per heavy atom. The summed E-state index contributed by atoms with van der Waals surface area (Å²) in [4.78, 5) is 23.8. The molecule has 7 nitrogen and oxygen atoms in total. The maximum atomic E-state index is 12.5. The lowest BCUT2D eigenvalue weighted by Crippen LogP contribution is -2.31. The number of alkyl carbamates (subject to hydrolysis) is 1. The number of ether oxygens (including phenoxy) is 1. The summed E-state index contributed by atoms with van der Waals surface area (Å²) >= 11 is 6.18. The van der Waals surface area contributed by atoms with Crippen LogP contribution in [0.2, 0.25) is 5.15 Å². The minimum Gasteiger partial charge on any atom is -0.481 e. The van der Waals surface area contributed by atoms with Crippen molar-refractivity contribution in [2.45, 2.75) is 18.4 Å². The molecule has 0 fully saturated rings. The van der Waals surface area contributed by atoms with Crippen molar-refractivity contribution in [2.24, 2.45) is 7.05 Å². The Morgan fingerprint density at radius 3 is 2.30 bits per heavy atom. The quantitative estimate of drug-likeness (QED) is 0.619. The zero-order valence-corrected chi connectivity index (χ0v) is 17.0. The molecule has 0 radical (unpaired) electrons. The van der Waals surface area contributed by atoms with Crippen molar-refractivity contribution in [3.8, 4) is 11.1 Å². The van der Waals surface area contributed by atoms with Gasteiger partial charge in [0, 0.05) is 18.5 Å². The predicted molar refractivity (Wildman–Crippen MR) is 111 cm³/mol. The summed E-state index contributed by atoms with van der Waals surface area (Å²) in [5.74, 6) is -1.15. The van der Waals surface area contributed by atoms with Gasteiger partial charge in [0.2, 0.25) is 0 Å². The van der Waals surface area contributed by atoms with Crippen LogP contribution in [0.3, 0.4) is 0 Å². The summed E-state index contributed by atoms with van der Waals surface area (Å²) < 4.78 is 6.91. The molecular weight excluding hydrogens is 406 g/mol. The average Bonchev–Trinajstić information content (AvgIpc) is 3.23. The van der Waals surface area contributed by atoms with Gasteiger partial charge in [-0.3, -0.25) is 9.48 Å². The highest BCUT2D eigenvalue weighted by atomic mass is 35.5. The number of carboxylic acid groups (broad SMARTS) is 1. The molecule has 0 bridgehead atoms. The molecule has 1 aromatic heterocycles. The van der Waals surface area contributed by atoms with Crippen molar-refractivity contribution >= 4 is 23.7 Å². The van der Waals surface area contributed by atoms with Gasteiger partial charge in [-0.15, -0.1) is 0 Å². The number of carbonyl (C=O) groups is 2. The largest absolute Gasteiger partial charge is 0.481 e. The van der Waals surface area contributed by atoms with Crippen LogP contribution in [0.5, 0.6) is 0 Å². The third kappa shape index (κ3) is 3.76. The number of halogens is 1. The molecule has 3 aromatic rings. The van der Waals surface area contributed by atoms with E-state index in [0.29, 0.717) is 5.56 Å². The summed E-state index contributed by atoms with van der Waals surface area (Å²) in [7, 11) is 1.64. The number of aromatic nitrogens is 2. The molecule has 1 aliphatic rings. The lowest BCUT2D eigenvalue weighted by atomic mass is 9.98. The van der Waals surface area contributed by atoms with Crippen LogP contribution < -0.4 is 5.32 Å². The van der Waals surface area contributed by atoms with Crippen LogP contribution in [0.4, 0.5) is 4.79 Å². The number of rotatable bonds is 6. The topological polar surface area (TPSA) is 93.5 Å². The van der Waals surface area contributed by atoms with Gasteiger partial charge in [-0.05, 0) is 22.3 Å². The number of nitrogens with zero attached hydrogens (tertiary/aromatic N) is 2. The van der Waals surface area contributed by atoms with Crippen LogP contribution in [0.15, 0.2) is 54.7 Å². The molecule has 1 amide bonds. The van der Waals surface area contributed by atoms with E-state index < -0.39 is 18.1 Å². The fourth-order valence-corrected chi connectivity index (χ4v) is 4.09. The van der Waals surface area contributed by atoms with Crippen molar-refractivity contribution in [3.63, 3.8) is 0 Å². The monoisotopic (exact) mass is 425 g/mol. The Labute approximate surface area is 178 Å². The van der Waals surface area contributed by atoms with Gasteiger partial charge < -0.3 is 15.2 Å². The maximum absolute atomic E-state index is 12.5. The average molecular weight is 426 g/mol. The molecule has 154 valence electrons. The Hall–Kier alpha value is -3.32. The van der Waals surface area contributed by atoms with Gasteiger partial charge in [-0.25, -0.2) is 4.79 Å². The standard InChI is InChI=1S/C22H20ClN3O4/c1-26-21(23)17(11-24-26)19(10-20(27)28)25-22(29)30-12-18-15-8-4-2-6-13(15)14-7-3-5-9-16(14)18/h2-9,11,18-19H,10,12H2,1H3,(H,25,29)(H,27,28)/t19-/m0/s1. The van der Waals surface area contributed by atoms with Gasteiger partial charge in [0.15, 0.2) is 0 Å². The Morgan fingerprint density at radius 1 is 1.17 bits per heavy atom. The first kappa shape index (κ1) is 20.0. The van der Waals surface area contributed by atoms with Crippen LogP contribution in [-0.2, 0) is 16.6 Å². The zero-order chi connectivity index (χ0) is 21.3. The first-order chi connectivity index (χ1) is 14.5. The van der Waals surface area contributed by atoms with Gasteiger partial charge >= 0.3 is 12.1 Å². The van der Waals surface area contributed by atoms with Crippen molar-refractivity contribution in [1.29, 1.82) is 0 Å². The summed E-state index contributed by atoms with van der Waals surface area (Å²) in [6.07, 6.45) is 0.401. The fraction of sp³-hybridized carbons (Fsp3) is 0.227. The van der Waals surface area contributed by atoms with Crippen molar-refractivity contribution in [1.82, 2.24) is 15.1 Å². The number of benzene rings is 2. The molecular formula is C22H20ClN3O4. The molecule has 2 N–H and O–H groups in total. The number of nitrogens with one attached hydrogen (secondary N) is 1. The van der Waals surface area contributed by atoms with E-state index in [2.05, 4.69) is 22.5 Å². The van der Waals surface area contributed by atoms with E-state index in [1.54, 1.807) is 7.05 Å². The second-order valence-corrected chi connectivity index (χ2v) is 7.49. The Bertz CT molecular complexity index is 1070. The van der Waals surface area contributed by atoms with Crippen LogP contribution in [0, 0.1) is 0 Å². The second-order valence-electron chi connectivity index (χ2n) is 7.13. The number of carboxylic acids is 1. The Balaban J connectivity index is 1.49. The molecule has 1 aliphatic carbocycles. The van der Waals surface area contributed by atoms with Crippen molar-refractivity contribution in [2.75, 3.05) is 6.61 Å². The zero-order valence-electron chi connectivity index (χ0n) is 16.2. The molecule has 1 heterocycles. The van der Waals surface area contributed by atoms with E-state index in [1.807, 2.05) is 36.4 Å². The number of aliphatic carboxylic acids is 1. The predicted octanol–water partition coefficient (Wildman–Crippen LogP) is 4.13. The molecule has 8 heteroatoms. The van der Waals surface area contributed by atoms with E-state index in [-0.39, 0.29) is 24.1 Å². The fourth-order valence-electron chi connectivity index (χ4n) is 3.87. The lowest BCUT2D eigenvalue weighted by molar-refractivity contribution is -0.137. The number of carbonyl (C=O) groups excluding carboxylic acids is 1. The summed E-state index contributed by atoms with van der Waals surface area (Å²) in [5, 5.41) is 16.1. The maximum Gasteiger partial charge on any atom is 0.407 e. The third-order valence-corrected chi connectivity index (χ3v) is 5.75. The van der Waals surface area contributed by atoms with Crippen LogP contribution >= 0.6 is 11.6 Å². The highest BCUT2D eigenvalue weighted by Crippen LogP contribution is 2.44. The van der Waals surface area contributed by atoms with Crippen LogP contribution in [0.1, 0.15) is 35.1 Å². The second kappa shape index (κ2) is 8.20.